The van der Waals surface area contributed by atoms with Gasteiger partial charge in [0, 0.05) is 23.1 Å². The van der Waals surface area contributed by atoms with E-state index in [2.05, 4.69) is 9.97 Å². The van der Waals surface area contributed by atoms with E-state index in [0.29, 0.717) is 0 Å². The van der Waals surface area contributed by atoms with Crippen molar-refractivity contribution >= 4 is 5.91 Å². The summed E-state index contributed by atoms with van der Waals surface area (Å²) in [6.45, 7) is 3.99. The largest absolute Gasteiger partial charge is 0.368 e. The van der Waals surface area contributed by atoms with Crippen LogP contribution >= 0.6 is 0 Å². The molecule has 0 saturated heterocycles. The molecule has 1 amide bonds. The van der Waals surface area contributed by atoms with Crippen molar-refractivity contribution in [3.63, 3.8) is 0 Å². The molecule has 2 rings (SSSR count). The molecule has 0 bridgehead atoms. The van der Waals surface area contributed by atoms with Gasteiger partial charge in [-0.3, -0.25) is 9.78 Å². The summed E-state index contributed by atoms with van der Waals surface area (Å²) in [6, 6.07) is 3.90. The maximum absolute atomic E-state index is 10.9. The summed E-state index contributed by atoms with van der Waals surface area (Å²) in [4.78, 5) is 19.4. The molecule has 0 aliphatic rings. The Balaban J connectivity index is 2.37. The fourth-order valence-electron chi connectivity index (χ4n) is 1.66. The third-order valence-electron chi connectivity index (χ3n) is 2.61. The number of rotatable bonds is 3. The zero-order valence-corrected chi connectivity index (χ0v) is 9.84. The molecular weight excluding hydrogens is 216 g/mol. The normalized spacial score (nSPS) is 10.5. The standard InChI is InChI=1S/C12H14N4O/c1-8-3-4-10(5-14-8)12-9(2)16(7-15-12)6-11(13)17/h3-5,7H,6H2,1-2H3,(H2,13,17). The summed E-state index contributed by atoms with van der Waals surface area (Å²) in [5.41, 5.74) is 8.81. The van der Waals surface area contributed by atoms with Crippen LogP contribution in [0.15, 0.2) is 24.7 Å². The van der Waals surface area contributed by atoms with Gasteiger partial charge in [0.05, 0.1) is 12.0 Å². The lowest BCUT2D eigenvalue weighted by atomic mass is 10.1. The smallest absolute Gasteiger partial charge is 0.237 e. The van der Waals surface area contributed by atoms with Gasteiger partial charge in [-0.05, 0) is 26.0 Å². The zero-order valence-electron chi connectivity index (χ0n) is 9.84. The Bertz CT molecular complexity index is 542. The molecule has 0 aliphatic carbocycles. The molecule has 2 aromatic heterocycles. The highest BCUT2D eigenvalue weighted by Crippen LogP contribution is 2.20. The molecule has 2 heterocycles. The average molecular weight is 230 g/mol. The second-order valence-corrected chi connectivity index (χ2v) is 3.96. The predicted octanol–water partition coefficient (Wildman–Crippen LogP) is 1.05. The van der Waals surface area contributed by atoms with Gasteiger partial charge in [0.15, 0.2) is 0 Å². The minimum atomic E-state index is -0.376. The Morgan fingerprint density at radius 3 is 2.71 bits per heavy atom. The average Bonchev–Trinajstić information content (AvgIpc) is 2.61. The Labute approximate surface area is 99.3 Å². The van der Waals surface area contributed by atoms with Crippen LogP contribution in [0.1, 0.15) is 11.4 Å². The van der Waals surface area contributed by atoms with Crippen molar-refractivity contribution in [1.82, 2.24) is 14.5 Å². The maximum atomic E-state index is 10.9. The number of nitrogens with zero attached hydrogens (tertiary/aromatic N) is 3. The van der Waals surface area contributed by atoms with Crippen LogP contribution in [0.2, 0.25) is 0 Å². The number of aryl methyl sites for hydroxylation is 1. The first-order valence-electron chi connectivity index (χ1n) is 5.31. The lowest BCUT2D eigenvalue weighted by Crippen LogP contribution is -2.18. The Hall–Kier alpha value is -2.17. The van der Waals surface area contributed by atoms with Crippen LogP contribution in [0.5, 0.6) is 0 Å². The van der Waals surface area contributed by atoms with Crippen LogP contribution in [0.4, 0.5) is 0 Å². The molecule has 5 heteroatoms. The van der Waals surface area contributed by atoms with E-state index in [-0.39, 0.29) is 12.5 Å². The minimum Gasteiger partial charge on any atom is -0.368 e. The lowest BCUT2D eigenvalue weighted by molar-refractivity contribution is -0.118. The molecular formula is C12H14N4O. The molecule has 17 heavy (non-hydrogen) atoms. The number of pyridine rings is 1. The number of carbonyl (C=O) groups excluding carboxylic acids is 1. The van der Waals surface area contributed by atoms with Crippen molar-refractivity contribution in [2.24, 2.45) is 5.73 Å². The summed E-state index contributed by atoms with van der Waals surface area (Å²) in [5.74, 6) is -0.376. The van der Waals surface area contributed by atoms with Crippen molar-refractivity contribution in [2.45, 2.75) is 20.4 Å². The van der Waals surface area contributed by atoms with Crippen LogP contribution < -0.4 is 5.73 Å². The van der Waals surface area contributed by atoms with Crippen LogP contribution in [-0.4, -0.2) is 20.4 Å². The van der Waals surface area contributed by atoms with E-state index in [1.54, 1.807) is 17.1 Å². The van der Waals surface area contributed by atoms with Gasteiger partial charge in [0.25, 0.3) is 0 Å². The minimum absolute atomic E-state index is 0.151. The third kappa shape index (κ3) is 2.33. The number of amides is 1. The number of imidazole rings is 1. The second kappa shape index (κ2) is 4.37. The Morgan fingerprint density at radius 1 is 1.35 bits per heavy atom. The Morgan fingerprint density at radius 2 is 2.12 bits per heavy atom. The van der Waals surface area contributed by atoms with Gasteiger partial charge in [-0.2, -0.15) is 0 Å². The van der Waals surface area contributed by atoms with Gasteiger partial charge in [-0.1, -0.05) is 0 Å². The summed E-state index contributed by atoms with van der Waals surface area (Å²) in [7, 11) is 0. The first-order valence-corrected chi connectivity index (χ1v) is 5.31. The summed E-state index contributed by atoms with van der Waals surface area (Å²) < 4.78 is 1.73. The Kier molecular flexibility index (Phi) is 2.91. The zero-order chi connectivity index (χ0) is 12.4. The van der Waals surface area contributed by atoms with Gasteiger partial charge >= 0.3 is 0 Å². The van der Waals surface area contributed by atoms with Gasteiger partial charge in [-0.25, -0.2) is 4.98 Å². The molecule has 0 aromatic carbocycles. The van der Waals surface area contributed by atoms with Crippen molar-refractivity contribution in [2.75, 3.05) is 0 Å². The van der Waals surface area contributed by atoms with Gasteiger partial charge < -0.3 is 10.3 Å². The van der Waals surface area contributed by atoms with Crippen molar-refractivity contribution in [1.29, 1.82) is 0 Å². The van der Waals surface area contributed by atoms with Crippen LogP contribution in [-0.2, 0) is 11.3 Å². The number of aromatic nitrogens is 3. The highest BCUT2D eigenvalue weighted by molar-refractivity contribution is 5.74. The van der Waals surface area contributed by atoms with Gasteiger partial charge in [0.1, 0.15) is 6.54 Å². The van der Waals surface area contributed by atoms with Crippen LogP contribution in [0, 0.1) is 13.8 Å². The number of carbonyl (C=O) groups is 1. The maximum Gasteiger partial charge on any atom is 0.237 e. The highest BCUT2D eigenvalue weighted by atomic mass is 16.1. The first kappa shape index (κ1) is 11.3. The predicted molar refractivity (Wildman–Crippen MR) is 64.1 cm³/mol. The van der Waals surface area contributed by atoms with E-state index in [0.717, 1.165) is 22.6 Å². The fourth-order valence-corrected chi connectivity index (χ4v) is 1.66. The van der Waals surface area contributed by atoms with Crippen molar-refractivity contribution < 1.29 is 4.79 Å². The van der Waals surface area contributed by atoms with E-state index in [1.165, 1.54) is 0 Å². The second-order valence-electron chi connectivity index (χ2n) is 3.96. The molecule has 0 aliphatic heterocycles. The molecule has 0 spiro atoms. The number of primary amides is 1. The topological polar surface area (TPSA) is 73.8 Å². The molecule has 0 radical (unpaired) electrons. The molecule has 5 nitrogen and oxygen atoms in total. The first-order chi connectivity index (χ1) is 8.08. The lowest BCUT2D eigenvalue weighted by Gasteiger charge is -2.03. The summed E-state index contributed by atoms with van der Waals surface area (Å²) in [5, 5.41) is 0. The highest BCUT2D eigenvalue weighted by Gasteiger charge is 2.10. The fraction of sp³-hybridized carbons (Fsp3) is 0.250. The van der Waals surface area contributed by atoms with E-state index in [1.807, 2.05) is 26.0 Å². The van der Waals surface area contributed by atoms with Crippen LogP contribution in [0.25, 0.3) is 11.3 Å². The molecule has 0 fully saturated rings. The summed E-state index contributed by atoms with van der Waals surface area (Å²) >= 11 is 0. The molecule has 2 N–H and O–H groups in total. The molecule has 88 valence electrons. The van der Waals surface area contributed by atoms with Crippen molar-refractivity contribution in [3.05, 3.63) is 36.0 Å². The van der Waals surface area contributed by atoms with E-state index in [9.17, 15) is 4.79 Å². The SMILES string of the molecule is Cc1ccc(-c2ncn(CC(N)=O)c2C)cn1. The molecule has 0 saturated carbocycles. The number of hydrogen-bond donors (Lipinski definition) is 1. The van der Waals surface area contributed by atoms with E-state index in [4.69, 9.17) is 5.73 Å². The third-order valence-corrected chi connectivity index (χ3v) is 2.61. The monoisotopic (exact) mass is 230 g/mol. The van der Waals surface area contributed by atoms with Gasteiger partial charge in [0.2, 0.25) is 5.91 Å². The summed E-state index contributed by atoms with van der Waals surface area (Å²) in [6.07, 6.45) is 3.40. The molecule has 0 unspecified atom stereocenters. The van der Waals surface area contributed by atoms with E-state index >= 15 is 0 Å². The van der Waals surface area contributed by atoms with Gasteiger partial charge in [-0.15, -0.1) is 0 Å². The van der Waals surface area contributed by atoms with Crippen molar-refractivity contribution in [3.8, 4) is 11.3 Å². The number of hydrogen-bond acceptors (Lipinski definition) is 3. The van der Waals surface area contributed by atoms with E-state index < -0.39 is 0 Å². The number of nitrogens with two attached hydrogens (primary N) is 1. The quantitative estimate of drug-likeness (QED) is 0.856. The van der Waals surface area contributed by atoms with Crippen LogP contribution in [0.3, 0.4) is 0 Å². The molecule has 2 aromatic rings. The molecule has 0 atom stereocenters.